The minimum atomic E-state index is -3.14. The van der Waals surface area contributed by atoms with Gasteiger partial charge in [0.2, 0.25) is 5.91 Å². The Bertz CT molecular complexity index is 775. The van der Waals surface area contributed by atoms with Crippen LogP contribution in [0.3, 0.4) is 0 Å². The fourth-order valence-electron chi connectivity index (χ4n) is 2.47. The normalized spacial score (nSPS) is 18.7. The molecule has 0 bridgehead atoms. The van der Waals surface area contributed by atoms with E-state index in [1.54, 1.807) is 18.2 Å². The van der Waals surface area contributed by atoms with Crippen molar-refractivity contribution in [2.24, 2.45) is 0 Å². The Morgan fingerprint density at radius 3 is 2.33 bits per heavy atom. The lowest BCUT2D eigenvalue weighted by Crippen LogP contribution is -2.43. The molecule has 1 unspecified atom stereocenters. The second kappa shape index (κ2) is 7.00. The second-order valence-electron chi connectivity index (χ2n) is 5.69. The van der Waals surface area contributed by atoms with Crippen LogP contribution in [0.2, 0.25) is 0 Å². The fourth-order valence-corrected chi connectivity index (χ4v) is 4.24. The van der Waals surface area contributed by atoms with Crippen LogP contribution in [0.1, 0.15) is 13.3 Å². The molecular formula is C15H19N3O5S. The van der Waals surface area contributed by atoms with Crippen molar-refractivity contribution in [3.8, 4) is 0 Å². The molecule has 1 atom stereocenters. The zero-order valence-corrected chi connectivity index (χ0v) is 14.2. The fraction of sp³-hybridized carbons (Fsp3) is 0.400. The minimum Gasteiger partial charge on any atom is -0.333 e. The van der Waals surface area contributed by atoms with Gasteiger partial charge in [-0.2, -0.15) is 0 Å². The summed E-state index contributed by atoms with van der Waals surface area (Å²) in [6, 6.07) is 5.88. The van der Waals surface area contributed by atoms with Gasteiger partial charge in [0.1, 0.15) is 0 Å². The van der Waals surface area contributed by atoms with E-state index in [1.807, 2.05) is 0 Å². The molecule has 1 aliphatic rings. The highest BCUT2D eigenvalue weighted by molar-refractivity contribution is 7.91. The molecule has 0 spiro atoms. The maximum Gasteiger partial charge on any atom is 0.313 e. The van der Waals surface area contributed by atoms with Crippen LogP contribution in [0, 0.1) is 0 Å². The smallest absolute Gasteiger partial charge is 0.313 e. The summed E-state index contributed by atoms with van der Waals surface area (Å²) >= 11 is 0. The highest BCUT2D eigenvalue weighted by Gasteiger charge is 2.34. The zero-order chi connectivity index (χ0) is 17.9. The van der Waals surface area contributed by atoms with Crippen molar-refractivity contribution in [3.63, 3.8) is 0 Å². The summed E-state index contributed by atoms with van der Waals surface area (Å²) in [7, 11) is -1.72. The predicted octanol–water partition coefficient (Wildman–Crippen LogP) is 0.229. The number of benzene rings is 1. The highest BCUT2D eigenvalue weighted by atomic mass is 32.2. The number of anilines is 2. The van der Waals surface area contributed by atoms with Gasteiger partial charge in [0.15, 0.2) is 9.84 Å². The van der Waals surface area contributed by atoms with Crippen LogP contribution in [0.25, 0.3) is 0 Å². The maximum atomic E-state index is 12.2. The number of amides is 3. The topological polar surface area (TPSA) is 113 Å². The Balaban J connectivity index is 2.01. The number of likely N-dealkylation sites (N-methyl/N-ethyl adjacent to an activating group) is 1. The van der Waals surface area contributed by atoms with Gasteiger partial charge in [-0.1, -0.05) is 6.07 Å². The standard InChI is InChI=1S/C15H19N3O5S/c1-10(19)16-11-4-3-5-12(8-11)17-14(20)15(21)18(2)13-6-7-24(22,23)9-13/h3-5,8,13H,6-7,9H2,1-2H3,(H,16,19)(H,17,20). The molecule has 1 heterocycles. The minimum absolute atomic E-state index is 0.0235. The molecular weight excluding hydrogens is 334 g/mol. The molecule has 8 nitrogen and oxygen atoms in total. The van der Waals surface area contributed by atoms with Crippen LogP contribution in [-0.2, 0) is 24.2 Å². The van der Waals surface area contributed by atoms with E-state index in [0.717, 1.165) is 4.90 Å². The van der Waals surface area contributed by atoms with Crippen molar-refractivity contribution in [1.29, 1.82) is 0 Å². The molecule has 0 radical (unpaired) electrons. The monoisotopic (exact) mass is 353 g/mol. The summed E-state index contributed by atoms with van der Waals surface area (Å²) in [5.41, 5.74) is 0.843. The predicted molar refractivity (Wildman–Crippen MR) is 89.2 cm³/mol. The summed E-state index contributed by atoms with van der Waals surface area (Å²) in [5, 5.41) is 5.02. The first-order valence-electron chi connectivity index (χ1n) is 7.34. The molecule has 2 N–H and O–H groups in total. The largest absolute Gasteiger partial charge is 0.333 e. The van der Waals surface area contributed by atoms with Gasteiger partial charge in [0.05, 0.1) is 11.5 Å². The van der Waals surface area contributed by atoms with Crippen LogP contribution in [-0.4, -0.2) is 55.6 Å². The number of hydrogen-bond acceptors (Lipinski definition) is 5. The van der Waals surface area contributed by atoms with Crippen LogP contribution >= 0.6 is 0 Å². The van der Waals surface area contributed by atoms with E-state index in [2.05, 4.69) is 10.6 Å². The first kappa shape index (κ1) is 17.9. The third-order valence-electron chi connectivity index (χ3n) is 3.71. The molecule has 1 fully saturated rings. The third kappa shape index (κ3) is 4.54. The third-order valence-corrected chi connectivity index (χ3v) is 5.46. The summed E-state index contributed by atoms with van der Waals surface area (Å²) < 4.78 is 23.0. The van der Waals surface area contributed by atoms with Gasteiger partial charge in [-0.05, 0) is 24.6 Å². The maximum absolute atomic E-state index is 12.2. The van der Waals surface area contributed by atoms with Crippen LogP contribution in [0.4, 0.5) is 11.4 Å². The number of hydrogen-bond donors (Lipinski definition) is 2. The average molecular weight is 353 g/mol. The Hall–Kier alpha value is -2.42. The van der Waals surface area contributed by atoms with Gasteiger partial charge in [0.25, 0.3) is 0 Å². The molecule has 0 aliphatic carbocycles. The average Bonchev–Trinajstić information content (AvgIpc) is 2.85. The number of sulfone groups is 1. The molecule has 2 rings (SSSR count). The number of carbonyl (C=O) groups is 3. The first-order valence-corrected chi connectivity index (χ1v) is 9.16. The van der Waals surface area contributed by atoms with Gasteiger partial charge in [-0.15, -0.1) is 0 Å². The molecule has 24 heavy (non-hydrogen) atoms. The van der Waals surface area contributed by atoms with Crippen LogP contribution < -0.4 is 10.6 Å². The van der Waals surface area contributed by atoms with E-state index in [9.17, 15) is 22.8 Å². The number of rotatable bonds is 3. The van der Waals surface area contributed by atoms with E-state index < -0.39 is 27.7 Å². The lowest BCUT2D eigenvalue weighted by atomic mass is 10.2. The van der Waals surface area contributed by atoms with Crippen molar-refractivity contribution in [2.75, 3.05) is 29.2 Å². The van der Waals surface area contributed by atoms with Crippen LogP contribution in [0.5, 0.6) is 0 Å². The molecule has 9 heteroatoms. The number of carbonyl (C=O) groups excluding carboxylic acids is 3. The summed E-state index contributed by atoms with van der Waals surface area (Å²) in [5.74, 6) is -2.02. The van der Waals surface area contributed by atoms with E-state index in [1.165, 1.54) is 20.0 Å². The van der Waals surface area contributed by atoms with Crippen molar-refractivity contribution in [2.45, 2.75) is 19.4 Å². The molecule has 1 aromatic carbocycles. The SMILES string of the molecule is CC(=O)Nc1cccc(NC(=O)C(=O)N(C)C2CCS(=O)(=O)C2)c1. The molecule has 1 saturated heterocycles. The summed E-state index contributed by atoms with van der Waals surface area (Å²) in [4.78, 5) is 36.4. The van der Waals surface area contributed by atoms with Gasteiger partial charge >= 0.3 is 11.8 Å². The summed E-state index contributed by atoms with van der Waals surface area (Å²) in [6.07, 6.45) is 0.329. The molecule has 3 amide bonds. The van der Waals surface area contributed by atoms with Gasteiger partial charge in [0, 0.05) is 31.4 Å². The second-order valence-corrected chi connectivity index (χ2v) is 7.92. The van der Waals surface area contributed by atoms with Gasteiger partial charge in [-0.3, -0.25) is 14.4 Å². The van der Waals surface area contributed by atoms with Crippen molar-refractivity contribution in [1.82, 2.24) is 4.90 Å². The van der Waals surface area contributed by atoms with E-state index in [0.29, 0.717) is 17.8 Å². The van der Waals surface area contributed by atoms with Gasteiger partial charge in [-0.25, -0.2) is 8.42 Å². The molecule has 1 aliphatic heterocycles. The van der Waals surface area contributed by atoms with E-state index in [4.69, 9.17) is 0 Å². The molecule has 0 saturated carbocycles. The lowest BCUT2D eigenvalue weighted by Gasteiger charge is -2.22. The first-order chi connectivity index (χ1) is 11.2. The van der Waals surface area contributed by atoms with Crippen molar-refractivity contribution in [3.05, 3.63) is 24.3 Å². The van der Waals surface area contributed by atoms with Crippen molar-refractivity contribution >= 4 is 38.9 Å². The van der Waals surface area contributed by atoms with Gasteiger partial charge < -0.3 is 15.5 Å². The Morgan fingerprint density at radius 2 is 1.79 bits per heavy atom. The number of nitrogens with zero attached hydrogens (tertiary/aromatic N) is 1. The Labute approximate surface area is 140 Å². The van der Waals surface area contributed by atoms with E-state index >= 15 is 0 Å². The lowest BCUT2D eigenvalue weighted by molar-refractivity contribution is -0.143. The Morgan fingerprint density at radius 1 is 1.17 bits per heavy atom. The Kier molecular flexibility index (Phi) is 5.23. The quantitative estimate of drug-likeness (QED) is 0.755. The van der Waals surface area contributed by atoms with Crippen molar-refractivity contribution < 1.29 is 22.8 Å². The van der Waals surface area contributed by atoms with Crippen LogP contribution in [0.15, 0.2) is 24.3 Å². The van der Waals surface area contributed by atoms with E-state index in [-0.39, 0.29) is 17.4 Å². The molecule has 130 valence electrons. The number of nitrogens with one attached hydrogen (secondary N) is 2. The zero-order valence-electron chi connectivity index (χ0n) is 13.4. The summed E-state index contributed by atoms with van der Waals surface area (Å²) in [6.45, 7) is 1.36. The highest BCUT2D eigenvalue weighted by Crippen LogP contribution is 2.18. The molecule has 1 aromatic rings. The molecule has 0 aromatic heterocycles.